The lowest BCUT2D eigenvalue weighted by atomic mass is 10.1. The Kier molecular flexibility index (Phi) is 5.70. The van der Waals surface area contributed by atoms with Gasteiger partial charge in [-0.15, -0.1) is 11.3 Å². The van der Waals surface area contributed by atoms with Gasteiger partial charge in [0, 0.05) is 6.04 Å². The van der Waals surface area contributed by atoms with Crippen molar-refractivity contribution in [1.29, 1.82) is 0 Å². The second-order valence-corrected chi connectivity index (χ2v) is 8.17. The molecule has 2 heterocycles. The number of halogens is 2. The SMILES string of the molecule is CC(C)[C@@H](C)NC(=O)c1cc(-c2cccs2)nn1-c1ccc(Cl)c(Cl)c1. The lowest BCUT2D eigenvalue weighted by molar-refractivity contribution is 0.0922. The van der Waals surface area contributed by atoms with Crippen LogP contribution in [-0.4, -0.2) is 21.7 Å². The van der Waals surface area contributed by atoms with E-state index in [0.29, 0.717) is 27.3 Å². The molecule has 0 bridgehead atoms. The first-order valence-electron chi connectivity index (χ1n) is 8.27. The smallest absolute Gasteiger partial charge is 0.270 e. The normalized spacial score (nSPS) is 12.4. The molecule has 136 valence electrons. The Morgan fingerprint density at radius 2 is 1.92 bits per heavy atom. The van der Waals surface area contributed by atoms with Crippen LogP contribution in [0.1, 0.15) is 31.3 Å². The predicted octanol–water partition coefficient (Wildman–Crippen LogP) is 5.68. The Labute approximate surface area is 166 Å². The molecule has 0 aliphatic carbocycles. The zero-order chi connectivity index (χ0) is 18.8. The second kappa shape index (κ2) is 7.82. The van der Waals surface area contributed by atoms with Crippen molar-refractivity contribution in [3.63, 3.8) is 0 Å². The molecule has 0 fully saturated rings. The van der Waals surface area contributed by atoms with Crippen molar-refractivity contribution in [1.82, 2.24) is 15.1 Å². The van der Waals surface area contributed by atoms with E-state index in [1.807, 2.05) is 24.4 Å². The number of amides is 1. The van der Waals surface area contributed by atoms with E-state index in [4.69, 9.17) is 23.2 Å². The van der Waals surface area contributed by atoms with Crippen LogP contribution in [0.25, 0.3) is 16.3 Å². The number of carbonyl (C=O) groups excluding carboxylic acids is 1. The minimum absolute atomic E-state index is 0.0462. The second-order valence-electron chi connectivity index (χ2n) is 6.41. The maximum absolute atomic E-state index is 12.9. The monoisotopic (exact) mass is 407 g/mol. The molecule has 4 nitrogen and oxygen atoms in total. The zero-order valence-corrected chi connectivity index (χ0v) is 17.0. The zero-order valence-electron chi connectivity index (χ0n) is 14.7. The maximum Gasteiger partial charge on any atom is 0.270 e. The van der Waals surface area contributed by atoms with Gasteiger partial charge in [-0.3, -0.25) is 4.79 Å². The predicted molar refractivity (Wildman–Crippen MR) is 109 cm³/mol. The van der Waals surface area contributed by atoms with Gasteiger partial charge in [0.1, 0.15) is 11.4 Å². The van der Waals surface area contributed by atoms with Crippen LogP contribution in [0.4, 0.5) is 0 Å². The summed E-state index contributed by atoms with van der Waals surface area (Å²) < 4.78 is 1.61. The summed E-state index contributed by atoms with van der Waals surface area (Å²) >= 11 is 13.8. The fourth-order valence-corrected chi connectivity index (χ4v) is 3.32. The molecule has 1 N–H and O–H groups in total. The molecule has 0 saturated carbocycles. The number of thiophene rings is 1. The number of carbonyl (C=O) groups is 1. The standard InChI is InChI=1S/C19H19Cl2N3OS/c1-11(2)12(3)22-19(25)17-10-16(18-5-4-8-26-18)23-24(17)13-6-7-14(20)15(21)9-13/h4-12H,1-3H3,(H,22,25)/t12-/m1/s1. The molecule has 3 rings (SSSR count). The maximum atomic E-state index is 12.9. The van der Waals surface area contributed by atoms with Crippen LogP contribution in [0.3, 0.4) is 0 Å². The van der Waals surface area contributed by atoms with Crippen molar-refractivity contribution >= 4 is 40.4 Å². The molecule has 1 aromatic carbocycles. The quantitative estimate of drug-likeness (QED) is 0.590. The van der Waals surface area contributed by atoms with Gasteiger partial charge in [-0.05, 0) is 48.6 Å². The third-order valence-electron chi connectivity index (χ3n) is 4.22. The molecule has 1 atom stereocenters. The molecule has 2 aromatic heterocycles. The summed E-state index contributed by atoms with van der Waals surface area (Å²) in [7, 11) is 0. The van der Waals surface area contributed by atoms with Crippen molar-refractivity contribution in [2.45, 2.75) is 26.8 Å². The molecule has 0 aliphatic heterocycles. The first kappa shape index (κ1) is 19.0. The Balaban J connectivity index is 2.06. The summed E-state index contributed by atoms with van der Waals surface area (Å²) in [5.41, 5.74) is 1.89. The average molecular weight is 408 g/mol. The molecule has 0 aliphatic rings. The third kappa shape index (κ3) is 3.95. The average Bonchev–Trinajstić information content (AvgIpc) is 3.26. The van der Waals surface area contributed by atoms with Crippen molar-refractivity contribution < 1.29 is 4.79 Å². The van der Waals surface area contributed by atoms with E-state index in [9.17, 15) is 4.79 Å². The molecule has 26 heavy (non-hydrogen) atoms. The Morgan fingerprint density at radius 1 is 1.15 bits per heavy atom. The molecular formula is C19H19Cl2N3OS. The number of aromatic nitrogens is 2. The van der Waals surface area contributed by atoms with Crippen molar-refractivity contribution in [2.75, 3.05) is 0 Å². The van der Waals surface area contributed by atoms with Gasteiger partial charge in [-0.25, -0.2) is 4.68 Å². The number of hydrogen-bond acceptors (Lipinski definition) is 3. The summed E-state index contributed by atoms with van der Waals surface area (Å²) in [4.78, 5) is 13.9. The van der Waals surface area contributed by atoms with Gasteiger partial charge in [0.05, 0.1) is 20.6 Å². The minimum atomic E-state index is -0.174. The molecule has 3 aromatic rings. The van der Waals surface area contributed by atoms with Crippen molar-refractivity contribution in [3.05, 3.63) is 57.5 Å². The molecule has 1 amide bonds. The summed E-state index contributed by atoms with van der Waals surface area (Å²) in [5.74, 6) is 0.157. The highest BCUT2D eigenvalue weighted by molar-refractivity contribution is 7.13. The highest BCUT2D eigenvalue weighted by Crippen LogP contribution is 2.28. The summed E-state index contributed by atoms with van der Waals surface area (Å²) in [6.07, 6.45) is 0. The number of nitrogens with one attached hydrogen (secondary N) is 1. The summed E-state index contributed by atoms with van der Waals surface area (Å²) in [6.45, 7) is 6.12. The number of rotatable bonds is 5. The van der Waals surface area contributed by atoms with Crippen LogP contribution in [0.15, 0.2) is 41.8 Å². The first-order chi connectivity index (χ1) is 12.4. The van der Waals surface area contributed by atoms with Crippen LogP contribution in [-0.2, 0) is 0 Å². The van der Waals surface area contributed by atoms with E-state index in [-0.39, 0.29) is 11.9 Å². The topological polar surface area (TPSA) is 46.9 Å². The van der Waals surface area contributed by atoms with Gasteiger partial charge in [0.15, 0.2) is 0 Å². The van der Waals surface area contributed by atoms with Crippen molar-refractivity contribution in [3.8, 4) is 16.3 Å². The third-order valence-corrected chi connectivity index (χ3v) is 5.85. The fourth-order valence-electron chi connectivity index (χ4n) is 2.35. The Morgan fingerprint density at radius 3 is 2.54 bits per heavy atom. The highest BCUT2D eigenvalue weighted by atomic mass is 35.5. The van der Waals surface area contributed by atoms with Gasteiger partial charge in [-0.2, -0.15) is 5.10 Å². The number of hydrogen-bond donors (Lipinski definition) is 1. The van der Waals surface area contributed by atoms with Gasteiger partial charge in [0.25, 0.3) is 5.91 Å². The molecular weight excluding hydrogens is 389 g/mol. The first-order valence-corrected chi connectivity index (χ1v) is 9.90. The van der Waals surface area contributed by atoms with E-state index < -0.39 is 0 Å². The summed E-state index contributed by atoms with van der Waals surface area (Å²) in [5, 5.41) is 10.5. The van der Waals surface area contributed by atoms with Crippen LogP contribution in [0, 0.1) is 5.92 Å². The van der Waals surface area contributed by atoms with E-state index in [2.05, 4.69) is 24.3 Å². The van der Waals surface area contributed by atoms with Crippen LogP contribution in [0.2, 0.25) is 10.0 Å². The van der Waals surface area contributed by atoms with E-state index >= 15 is 0 Å². The van der Waals surface area contributed by atoms with Gasteiger partial charge in [0.2, 0.25) is 0 Å². The lowest BCUT2D eigenvalue weighted by Gasteiger charge is -2.17. The molecule has 0 saturated heterocycles. The van der Waals surface area contributed by atoms with E-state index in [1.54, 1.807) is 40.3 Å². The Hall–Kier alpha value is -1.82. The van der Waals surface area contributed by atoms with Gasteiger partial charge < -0.3 is 5.32 Å². The van der Waals surface area contributed by atoms with Crippen LogP contribution >= 0.6 is 34.5 Å². The van der Waals surface area contributed by atoms with Crippen LogP contribution < -0.4 is 5.32 Å². The molecule has 0 unspecified atom stereocenters. The largest absolute Gasteiger partial charge is 0.348 e. The molecule has 0 spiro atoms. The number of nitrogens with zero attached hydrogens (tertiary/aromatic N) is 2. The number of benzene rings is 1. The van der Waals surface area contributed by atoms with Crippen LogP contribution in [0.5, 0.6) is 0 Å². The Bertz CT molecular complexity index is 919. The fraction of sp³-hybridized carbons (Fsp3) is 0.263. The summed E-state index contributed by atoms with van der Waals surface area (Å²) in [6, 6.07) is 11.0. The van der Waals surface area contributed by atoms with Gasteiger partial charge >= 0.3 is 0 Å². The van der Waals surface area contributed by atoms with E-state index in [1.165, 1.54) is 0 Å². The molecule has 7 heteroatoms. The van der Waals surface area contributed by atoms with Gasteiger partial charge in [-0.1, -0.05) is 43.1 Å². The van der Waals surface area contributed by atoms with Crippen molar-refractivity contribution in [2.24, 2.45) is 5.92 Å². The lowest BCUT2D eigenvalue weighted by Crippen LogP contribution is -2.37. The van der Waals surface area contributed by atoms with E-state index in [0.717, 1.165) is 10.6 Å². The molecule has 0 radical (unpaired) electrons. The minimum Gasteiger partial charge on any atom is -0.348 e. The highest BCUT2D eigenvalue weighted by Gasteiger charge is 2.20.